The summed E-state index contributed by atoms with van der Waals surface area (Å²) in [7, 11) is 0. The van der Waals surface area contributed by atoms with Crippen LogP contribution in [0.4, 0.5) is 5.13 Å². The lowest BCUT2D eigenvalue weighted by Crippen LogP contribution is -2.20. The number of benzene rings is 2. The molecule has 0 aliphatic carbocycles. The number of aliphatic imine (C=N–C) groups is 1. The highest BCUT2D eigenvalue weighted by Crippen LogP contribution is 2.26. The molecular formula is C19H14N4O2S. The van der Waals surface area contributed by atoms with Crippen molar-refractivity contribution in [3.05, 3.63) is 75.5 Å². The van der Waals surface area contributed by atoms with Crippen molar-refractivity contribution in [2.75, 3.05) is 0 Å². The van der Waals surface area contributed by atoms with E-state index in [1.165, 1.54) is 22.1 Å². The van der Waals surface area contributed by atoms with Crippen LogP contribution >= 0.6 is 11.3 Å². The third-order valence-electron chi connectivity index (χ3n) is 4.05. The van der Waals surface area contributed by atoms with E-state index in [1.54, 1.807) is 35.8 Å². The average molecular weight is 362 g/mol. The number of hydrogen-bond donors (Lipinski definition) is 1. The first kappa shape index (κ1) is 16.2. The van der Waals surface area contributed by atoms with Gasteiger partial charge < -0.3 is 5.11 Å². The molecule has 0 saturated carbocycles. The fourth-order valence-corrected chi connectivity index (χ4v) is 3.16. The van der Waals surface area contributed by atoms with Gasteiger partial charge in [-0.05, 0) is 25.1 Å². The van der Waals surface area contributed by atoms with Crippen molar-refractivity contribution in [1.29, 1.82) is 0 Å². The molecule has 2 aromatic heterocycles. The van der Waals surface area contributed by atoms with E-state index in [9.17, 15) is 9.90 Å². The summed E-state index contributed by atoms with van der Waals surface area (Å²) in [6.45, 7) is 1.97. The standard InChI is InChI=1S/C19H14N4O2S/c1-12-6-8-13(9-7-12)23-17(24)15-5-3-2-4-14(15)16(18(23)25)10-20-19-22-21-11-26-19/h2-11,25H,1H3. The summed E-state index contributed by atoms with van der Waals surface area (Å²) in [6.07, 6.45) is 1.52. The van der Waals surface area contributed by atoms with Gasteiger partial charge in [0.05, 0.1) is 11.3 Å². The summed E-state index contributed by atoms with van der Waals surface area (Å²) in [4.78, 5) is 17.2. The highest BCUT2D eigenvalue weighted by atomic mass is 32.1. The van der Waals surface area contributed by atoms with Crippen LogP contribution in [-0.2, 0) is 0 Å². The topological polar surface area (TPSA) is 80.4 Å². The maximum absolute atomic E-state index is 13.0. The molecule has 0 spiro atoms. The van der Waals surface area contributed by atoms with Crippen LogP contribution in [-0.4, -0.2) is 26.1 Å². The summed E-state index contributed by atoms with van der Waals surface area (Å²) in [5, 5.41) is 20.1. The highest BCUT2D eigenvalue weighted by Gasteiger charge is 2.16. The number of rotatable bonds is 3. The predicted molar refractivity (Wildman–Crippen MR) is 103 cm³/mol. The highest BCUT2D eigenvalue weighted by molar-refractivity contribution is 7.13. The fraction of sp³-hybridized carbons (Fsp3) is 0.0526. The number of aromatic nitrogens is 3. The van der Waals surface area contributed by atoms with Gasteiger partial charge >= 0.3 is 0 Å². The van der Waals surface area contributed by atoms with E-state index in [0.29, 0.717) is 27.2 Å². The monoisotopic (exact) mass is 362 g/mol. The van der Waals surface area contributed by atoms with Crippen LogP contribution in [0.5, 0.6) is 5.88 Å². The van der Waals surface area contributed by atoms with Crippen molar-refractivity contribution in [1.82, 2.24) is 14.8 Å². The Morgan fingerprint density at radius 2 is 1.85 bits per heavy atom. The van der Waals surface area contributed by atoms with Gasteiger partial charge in [-0.15, -0.1) is 10.2 Å². The Balaban J connectivity index is 2.01. The van der Waals surface area contributed by atoms with Gasteiger partial charge in [0.1, 0.15) is 5.51 Å². The Bertz CT molecular complexity index is 1160. The molecule has 6 nitrogen and oxygen atoms in total. The Morgan fingerprint density at radius 1 is 1.12 bits per heavy atom. The molecule has 0 fully saturated rings. The number of hydrogen-bond acceptors (Lipinski definition) is 6. The third-order valence-corrected chi connectivity index (χ3v) is 4.65. The molecule has 0 unspecified atom stereocenters. The Morgan fingerprint density at radius 3 is 2.54 bits per heavy atom. The molecule has 7 heteroatoms. The van der Waals surface area contributed by atoms with Gasteiger partial charge in [-0.3, -0.25) is 4.79 Å². The molecule has 128 valence electrons. The molecule has 2 aromatic carbocycles. The van der Waals surface area contributed by atoms with Crippen LogP contribution in [0.3, 0.4) is 0 Å². The molecule has 4 rings (SSSR count). The predicted octanol–water partition coefficient (Wildman–Crippen LogP) is 3.61. The maximum atomic E-state index is 13.0. The number of fused-ring (bicyclic) bond motifs is 1. The molecule has 0 aliphatic heterocycles. The molecule has 4 aromatic rings. The van der Waals surface area contributed by atoms with Crippen molar-refractivity contribution >= 4 is 33.5 Å². The van der Waals surface area contributed by atoms with Crippen LogP contribution in [0.1, 0.15) is 11.1 Å². The van der Waals surface area contributed by atoms with Gasteiger partial charge in [0, 0.05) is 17.0 Å². The second-order valence-corrected chi connectivity index (χ2v) is 6.55. The van der Waals surface area contributed by atoms with E-state index in [1.807, 2.05) is 25.1 Å². The number of pyridine rings is 1. The van der Waals surface area contributed by atoms with Gasteiger partial charge in [0.15, 0.2) is 0 Å². The Labute approximate surface area is 152 Å². The lowest BCUT2D eigenvalue weighted by Gasteiger charge is -2.13. The van der Waals surface area contributed by atoms with Gasteiger partial charge in [0.25, 0.3) is 5.56 Å². The smallest absolute Gasteiger partial charge is 0.265 e. The second kappa shape index (κ2) is 6.53. The van der Waals surface area contributed by atoms with E-state index in [2.05, 4.69) is 15.2 Å². The van der Waals surface area contributed by atoms with Crippen LogP contribution in [0.15, 0.2) is 63.8 Å². The SMILES string of the molecule is Cc1ccc(-n2c(O)c(C=Nc3nncs3)c3ccccc3c2=O)cc1. The minimum Gasteiger partial charge on any atom is -0.494 e. The molecule has 26 heavy (non-hydrogen) atoms. The zero-order chi connectivity index (χ0) is 18.1. The average Bonchev–Trinajstić information content (AvgIpc) is 3.17. The van der Waals surface area contributed by atoms with Crippen LogP contribution in [0.2, 0.25) is 0 Å². The molecule has 1 N–H and O–H groups in total. The summed E-state index contributed by atoms with van der Waals surface area (Å²) in [6, 6.07) is 14.5. The van der Waals surface area contributed by atoms with E-state index in [4.69, 9.17) is 0 Å². The maximum Gasteiger partial charge on any atom is 0.265 e. The van der Waals surface area contributed by atoms with Gasteiger partial charge in [-0.1, -0.05) is 47.2 Å². The number of nitrogens with zero attached hydrogens (tertiary/aromatic N) is 4. The van der Waals surface area contributed by atoms with Crippen molar-refractivity contribution in [2.24, 2.45) is 4.99 Å². The molecule has 0 radical (unpaired) electrons. The summed E-state index contributed by atoms with van der Waals surface area (Å²) >= 11 is 1.29. The minimum absolute atomic E-state index is 0.161. The van der Waals surface area contributed by atoms with Gasteiger partial charge in [-0.2, -0.15) is 0 Å². The fourth-order valence-electron chi connectivity index (χ4n) is 2.77. The summed E-state index contributed by atoms with van der Waals surface area (Å²) in [5.41, 5.74) is 3.42. The first-order chi connectivity index (χ1) is 12.6. The quantitative estimate of drug-likeness (QED) is 0.565. The van der Waals surface area contributed by atoms with Crippen molar-refractivity contribution in [3.63, 3.8) is 0 Å². The molecule has 0 bridgehead atoms. The summed E-state index contributed by atoms with van der Waals surface area (Å²) in [5.74, 6) is -0.161. The van der Waals surface area contributed by atoms with Gasteiger partial charge in [-0.25, -0.2) is 9.56 Å². The number of aryl methyl sites for hydroxylation is 1. The zero-order valence-corrected chi connectivity index (χ0v) is 14.6. The van der Waals surface area contributed by atoms with E-state index in [0.717, 1.165) is 5.56 Å². The number of aromatic hydroxyl groups is 1. The first-order valence-corrected chi connectivity index (χ1v) is 8.77. The second-order valence-electron chi connectivity index (χ2n) is 5.74. The van der Waals surface area contributed by atoms with E-state index in [-0.39, 0.29) is 11.4 Å². The van der Waals surface area contributed by atoms with E-state index < -0.39 is 0 Å². The third kappa shape index (κ3) is 2.78. The molecule has 0 atom stereocenters. The lowest BCUT2D eigenvalue weighted by atomic mass is 10.1. The Hall–Kier alpha value is -3.32. The molecule has 2 heterocycles. The molecule has 0 saturated heterocycles. The van der Waals surface area contributed by atoms with Crippen molar-refractivity contribution in [3.8, 4) is 11.6 Å². The van der Waals surface area contributed by atoms with Crippen molar-refractivity contribution < 1.29 is 5.11 Å². The molecular weight excluding hydrogens is 348 g/mol. The van der Waals surface area contributed by atoms with Crippen molar-refractivity contribution in [2.45, 2.75) is 6.92 Å². The van der Waals surface area contributed by atoms with E-state index >= 15 is 0 Å². The largest absolute Gasteiger partial charge is 0.494 e. The molecule has 0 aliphatic rings. The zero-order valence-electron chi connectivity index (χ0n) is 13.8. The minimum atomic E-state index is -0.282. The summed E-state index contributed by atoms with van der Waals surface area (Å²) < 4.78 is 1.29. The normalized spacial score (nSPS) is 11.4. The first-order valence-electron chi connectivity index (χ1n) is 7.89. The van der Waals surface area contributed by atoms with Gasteiger partial charge in [0.2, 0.25) is 11.0 Å². The van der Waals surface area contributed by atoms with Crippen LogP contribution in [0, 0.1) is 6.92 Å². The van der Waals surface area contributed by atoms with Crippen LogP contribution < -0.4 is 5.56 Å². The Kier molecular flexibility index (Phi) is 4.06. The molecule has 0 amide bonds. The van der Waals surface area contributed by atoms with Crippen LogP contribution in [0.25, 0.3) is 16.5 Å². The lowest BCUT2D eigenvalue weighted by molar-refractivity contribution is 0.436.